The van der Waals surface area contributed by atoms with Crippen LogP contribution in [-0.4, -0.2) is 19.9 Å². The summed E-state index contributed by atoms with van der Waals surface area (Å²) in [5, 5.41) is 0.267. The highest BCUT2D eigenvalue weighted by Crippen LogP contribution is 2.11. The monoisotopic (exact) mass is 310 g/mol. The molecule has 1 N–H and O–H groups in total. The van der Waals surface area contributed by atoms with Crippen molar-refractivity contribution in [2.45, 2.75) is 18.2 Å². The molecule has 0 atom stereocenters. The summed E-state index contributed by atoms with van der Waals surface area (Å²) in [4.78, 5) is 3.89. The Morgan fingerprint density at radius 2 is 2.05 bits per heavy atom. The molecule has 0 amide bonds. The lowest BCUT2D eigenvalue weighted by Crippen LogP contribution is -2.26. The molecule has 0 fully saturated rings. The van der Waals surface area contributed by atoms with Crippen LogP contribution in [0.25, 0.3) is 0 Å². The average molecular weight is 311 g/mol. The van der Waals surface area contributed by atoms with E-state index in [1.165, 1.54) is 18.3 Å². The van der Waals surface area contributed by atoms with Crippen molar-refractivity contribution in [2.24, 2.45) is 0 Å². The molecule has 106 valence electrons. The number of hydrogen-bond acceptors (Lipinski definition) is 3. The number of halogens is 1. The molecular formula is C14H15ClN2O2S. The number of nitrogens with one attached hydrogen (secondary N) is 1. The molecule has 0 spiro atoms. The fourth-order valence-corrected chi connectivity index (χ4v) is 2.89. The predicted octanol–water partition coefficient (Wildman–Crippen LogP) is 2.56. The van der Waals surface area contributed by atoms with Crippen LogP contribution in [-0.2, 0) is 16.4 Å². The van der Waals surface area contributed by atoms with Crippen molar-refractivity contribution >= 4 is 21.6 Å². The fraction of sp³-hybridized carbons (Fsp3) is 0.214. The number of aromatic nitrogens is 1. The molecule has 1 heterocycles. The van der Waals surface area contributed by atoms with Gasteiger partial charge in [-0.05, 0) is 31.0 Å². The van der Waals surface area contributed by atoms with Crippen LogP contribution in [0.15, 0.2) is 47.5 Å². The molecule has 1 aromatic heterocycles. The summed E-state index contributed by atoms with van der Waals surface area (Å²) >= 11 is 5.63. The van der Waals surface area contributed by atoms with Gasteiger partial charge in [0.2, 0.25) is 10.0 Å². The Labute approximate surface area is 123 Å². The fourth-order valence-electron chi connectivity index (χ4n) is 1.80. The van der Waals surface area contributed by atoms with E-state index in [4.69, 9.17) is 11.6 Å². The van der Waals surface area contributed by atoms with Gasteiger partial charge in [0.05, 0.1) is 0 Å². The largest absolute Gasteiger partial charge is 0.243 e. The van der Waals surface area contributed by atoms with E-state index in [0.29, 0.717) is 13.0 Å². The molecule has 0 aliphatic rings. The van der Waals surface area contributed by atoms with Crippen LogP contribution in [0.3, 0.4) is 0 Å². The third-order valence-corrected chi connectivity index (χ3v) is 4.47. The van der Waals surface area contributed by atoms with E-state index in [-0.39, 0.29) is 10.0 Å². The van der Waals surface area contributed by atoms with Crippen molar-refractivity contribution in [1.82, 2.24) is 9.71 Å². The Kier molecular flexibility index (Phi) is 4.75. The molecular weight excluding hydrogens is 296 g/mol. The molecule has 0 unspecified atom stereocenters. The second-order valence-electron chi connectivity index (χ2n) is 4.45. The lowest BCUT2D eigenvalue weighted by Gasteiger charge is -2.07. The van der Waals surface area contributed by atoms with Crippen molar-refractivity contribution in [3.05, 3.63) is 58.9 Å². The zero-order chi connectivity index (χ0) is 14.6. The summed E-state index contributed by atoms with van der Waals surface area (Å²) in [5.74, 6) is 0. The number of benzene rings is 1. The van der Waals surface area contributed by atoms with Gasteiger partial charge in [-0.15, -0.1) is 0 Å². The van der Waals surface area contributed by atoms with Crippen molar-refractivity contribution in [2.75, 3.05) is 6.54 Å². The number of sulfonamides is 1. The van der Waals surface area contributed by atoms with Crippen LogP contribution in [0.1, 0.15) is 11.1 Å². The smallest absolute Gasteiger partial charge is 0.242 e. The highest BCUT2D eigenvalue weighted by Gasteiger charge is 2.13. The van der Waals surface area contributed by atoms with Gasteiger partial charge >= 0.3 is 0 Å². The molecule has 6 heteroatoms. The van der Waals surface area contributed by atoms with E-state index in [0.717, 1.165) is 11.1 Å². The van der Waals surface area contributed by atoms with Crippen LogP contribution in [0.4, 0.5) is 0 Å². The second kappa shape index (κ2) is 6.35. The van der Waals surface area contributed by atoms with Gasteiger partial charge in [-0.25, -0.2) is 18.1 Å². The number of aryl methyl sites for hydroxylation is 1. The predicted molar refractivity (Wildman–Crippen MR) is 79.3 cm³/mol. The molecule has 0 saturated carbocycles. The van der Waals surface area contributed by atoms with Crippen molar-refractivity contribution < 1.29 is 8.42 Å². The standard InChI is InChI=1S/C14H15ClN2O2S/c1-11-3-2-4-12(9-11)7-8-17-20(18,19)13-5-6-14(15)16-10-13/h2-6,9-10,17H,7-8H2,1H3. The summed E-state index contributed by atoms with van der Waals surface area (Å²) in [5.41, 5.74) is 2.26. The lowest BCUT2D eigenvalue weighted by molar-refractivity contribution is 0.581. The first-order chi connectivity index (χ1) is 9.47. The highest BCUT2D eigenvalue weighted by atomic mass is 35.5. The van der Waals surface area contributed by atoms with Crippen LogP contribution in [0.5, 0.6) is 0 Å². The molecule has 0 bridgehead atoms. The summed E-state index contributed by atoms with van der Waals surface area (Å²) in [6, 6.07) is 10.9. The minimum absolute atomic E-state index is 0.117. The van der Waals surface area contributed by atoms with E-state index in [2.05, 4.69) is 9.71 Å². The van der Waals surface area contributed by atoms with Crippen LogP contribution < -0.4 is 4.72 Å². The van der Waals surface area contributed by atoms with E-state index in [9.17, 15) is 8.42 Å². The quantitative estimate of drug-likeness (QED) is 0.863. The van der Waals surface area contributed by atoms with Crippen LogP contribution >= 0.6 is 11.6 Å². The van der Waals surface area contributed by atoms with E-state index < -0.39 is 10.0 Å². The zero-order valence-corrected chi connectivity index (χ0v) is 12.6. The van der Waals surface area contributed by atoms with Gasteiger partial charge in [0.1, 0.15) is 10.0 Å². The van der Waals surface area contributed by atoms with Crippen molar-refractivity contribution in [3.63, 3.8) is 0 Å². The molecule has 1 aromatic carbocycles. The van der Waals surface area contributed by atoms with Gasteiger partial charge in [0.15, 0.2) is 0 Å². The number of nitrogens with zero attached hydrogens (tertiary/aromatic N) is 1. The highest BCUT2D eigenvalue weighted by molar-refractivity contribution is 7.89. The lowest BCUT2D eigenvalue weighted by atomic mass is 10.1. The molecule has 2 aromatic rings. The van der Waals surface area contributed by atoms with Gasteiger partial charge in [-0.1, -0.05) is 41.4 Å². The van der Waals surface area contributed by atoms with Gasteiger partial charge in [0, 0.05) is 12.7 Å². The summed E-state index contributed by atoms with van der Waals surface area (Å²) in [6.07, 6.45) is 1.89. The second-order valence-corrected chi connectivity index (χ2v) is 6.61. The Balaban J connectivity index is 1.98. The third kappa shape index (κ3) is 4.03. The molecule has 20 heavy (non-hydrogen) atoms. The first-order valence-corrected chi connectivity index (χ1v) is 8.00. The average Bonchev–Trinajstić information content (AvgIpc) is 2.39. The summed E-state index contributed by atoms with van der Waals surface area (Å²) in [6.45, 7) is 2.35. The maximum absolute atomic E-state index is 12.0. The molecule has 2 rings (SSSR count). The maximum atomic E-state index is 12.0. The Morgan fingerprint density at radius 1 is 1.25 bits per heavy atom. The number of hydrogen-bond donors (Lipinski definition) is 1. The first-order valence-electron chi connectivity index (χ1n) is 6.14. The van der Waals surface area contributed by atoms with E-state index >= 15 is 0 Å². The van der Waals surface area contributed by atoms with Crippen LogP contribution in [0, 0.1) is 6.92 Å². The minimum Gasteiger partial charge on any atom is -0.243 e. The Morgan fingerprint density at radius 3 is 2.70 bits per heavy atom. The van der Waals surface area contributed by atoms with Gasteiger partial charge in [-0.3, -0.25) is 0 Å². The van der Waals surface area contributed by atoms with Gasteiger partial charge in [-0.2, -0.15) is 0 Å². The van der Waals surface area contributed by atoms with Gasteiger partial charge < -0.3 is 0 Å². The minimum atomic E-state index is -3.53. The SMILES string of the molecule is Cc1cccc(CCNS(=O)(=O)c2ccc(Cl)nc2)c1. The van der Waals surface area contributed by atoms with E-state index in [1.807, 2.05) is 31.2 Å². The third-order valence-electron chi connectivity index (χ3n) is 2.80. The molecule has 0 aliphatic carbocycles. The molecule has 4 nitrogen and oxygen atoms in total. The molecule has 0 saturated heterocycles. The van der Waals surface area contributed by atoms with Crippen LogP contribution in [0.2, 0.25) is 5.15 Å². The molecule has 0 radical (unpaired) electrons. The normalized spacial score (nSPS) is 11.5. The topological polar surface area (TPSA) is 59.1 Å². The van der Waals surface area contributed by atoms with Crippen molar-refractivity contribution in [3.8, 4) is 0 Å². The summed E-state index contributed by atoms with van der Waals surface area (Å²) in [7, 11) is -3.53. The van der Waals surface area contributed by atoms with Crippen molar-refractivity contribution in [1.29, 1.82) is 0 Å². The first kappa shape index (κ1) is 15.0. The maximum Gasteiger partial charge on any atom is 0.242 e. The Hall–Kier alpha value is -1.43. The number of pyridine rings is 1. The summed E-state index contributed by atoms with van der Waals surface area (Å²) < 4.78 is 26.6. The zero-order valence-electron chi connectivity index (χ0n) is 11.0. The van der Waals surface area contributed by atoms with Gasteiger partial charge in [0.25, 0.3) is 0 Å². The molecule has 0 aliphatic heterocycles. The number of rotatable bonds is 5. The van der Waals surface area contributed by atoms with E-state index in [1.54, 1.807) is 0 Å². The Bertz CT molecular complexity index is 685.